The number of rotatable bonds is 4. The molecule has 1 heterocycles. The molecule has 114 valence electrons. The van der Waals surface area contributed by atoms with Crippen LogP contribution in [0.2, 0.25) is 0 Å². The Morgan fingerprint density at radius 1 is 1.33 bits per heavy atom. The highest BCUT2D eigenvalue weighted by atomic mass is 16.5. The number of benzene rings is 1. The van der Waals surface area contributed by atoms with Gasteiger partial charge in [0, 0.05) is 12.1 Å². The standard InChI is InChI=1S/C17H24N2O2/c1-3-12-19-15(13-8-4-5-9-14(13)21-2)18-17(16(19)20)10-6-7-11-17/h4-5,8-9,15,18H,3,6-7,10-12H2,1-2H3. The third kappa shape index (κ3) is 2.31. The van der Waals surface area contributed by atoms with Crippen LogP contribution in [0.15, 0.2) is 24.3 Å². The molecule has 1 atom stereocenters. The van der Waals surface area contributed by atoms with Crippen molar-refractivity contribution in [3.8, 4) is 5.75 Å². The topological polar surface area (TPSA) is 41.6 Å². The lowest BCUT2D eigenvalue weighted by Crippen LogP contribution is -2.44. The normalized spacial score (nSPS) is 24.0. The summed E-state index contributed by atoms with van der Waals surface area (Å²) >= 11 is 0. The van der Waals surface area contributed by atoms with Crippen LogP contribution >= 0.6 is 0 Å². The summed E-state index contributed by atoms with van der Waals surface area (Å²) in [5, 5.41) is 3.64. The van der Waals surface area contributed by atoms with Crippen LogP contribution in [0.1, 0.15) is 50.8 Å². The second-order valence-electron chi connectivity index (χ2n) is 6.08. The molecule has 4 nitrogen and oxygen atoms in total. The Labute approximate surface area is 126 Å². The molecule has 0 radical (unpaired) electrons. The summed E-state index contributed by atoms with van der Waals surface area (Å²) in [5.41, 5.74) is 0.728. The molecule has 1 unspecified atom stereocenters. The fraction of sp³-hybridized carbons (Fsp3) is 0.588. The van der Waals surface area contributed by atoms with Gasteiger partial charge in [-0.05, 0) is 25.3 Å². The lowest BCUT2D eigenvalue weighted by molar-refractivity contribution is -0.133. The van der Waals surface area contributed by atoms with E-state index in [0.29, 0.717) is 0 Å². The monoisotopic (exact) mass is 288 g/mol. The minimum atomic E-state index is -0.333. The van der Waals surface area contributed by atoms with Gasteiger partial charge in [0.1, 0.15) is 11.9 Å². The summed E-state index contributed by atoms with van der Waals surface area (Å²) in [4.78, 5) is 14.9. The zero-order valence-corrected chi connectivity index (χ0v) is 12.9. The van der Waals surface area contributed by atoms with Gasteiger partial charge in [0.2, 0.25) is 5.91 Å². The van der Waals surface area contributed by atoms with Crippen LogP contribution in [0.3, 0.4) is 0 Å². The average Bonchev–Trinajstić information content (AvgIpc) is 3.09. The first-order chi connectivity index (χ1) is 10.2. The number of nitrogens with zero attached hydrogens (tertiary/aromatic N) is 1. The number of amides is 1. The van der Waals surface area contributed by atoms with E-state index in [1.165, 1.54) is 0 Å². The van der Waals surface area contributed by atoms with Gasteiger partial charge in [0.15, 0.2) is 0 Å². The minimum Gasteiger partial charge on any atom is -0.496 e. The number of ether oxygens (including phenoxy) is 1. The number of nitrogens with one attached hydrogen (secondary N) is 1. The van der Waals surface area contributed by atoms with Crippen LogP contribution in [0.5, 0.6) is 5.75 Å². The average molecular weight is 288 g/mol. The summed E-state index contributed by atoms with van der Waals surface area (Å²) in [6.07, 6.45) is 5.09. The van der Waals surface area contributed by atoms with Crippen LogP contribution in [-0.2, 0) is 4.79 Å². The van der Waals surface area contributed by atoms with Gasteiger partial charge in [-0.3, -0.25) is 10.1 Å². The molecule has 1 aromatic rings. The second kappa shape index (κ2) is 5.68. The molecule has 3 rings (SSSR count). The van der Waals surface area contributed by atoms with Crippen LogP contribution in [0.4, 0.5) is 0 Å². The Balaban J connectivity index is 1.97. The maximum atomic E-state index is 12.9. The highest BCUT2D eigenvalue weighted by Gasteiger charge is 2.52. The molecule has 1 aliphatic heterocycles. The lowest BCUT2D eigenvalue weighted by Gasteiger charge is -2.25. The summed E-state index contributed by atoms with van der Waals surface area (Å²) < 4.78 is 5.49. The Hall–Kier alpha value is -1.55. The number of para-hydroxylation sites is 1. The Morgan fingerprint density at radius 3 is 2.71 bits per heavy atom. The van der Waals surface area contributed by atoms with Gasteiger partial charge in [-0.2, -0.15) is 0 Å². The SMILES string of the molecule is CCCN1C(=O)C2(CCCC2)NC1c1ccccc1OC. The molecule has 1 saturated carbocycles. The van der Waals surface area contributed by atoms with E-state index in [2.05, 4.69) is 18.3 Å². The first-order valence-electron chi connectivity index (χ1n) is 7.93. The van der Waals surface area contributed by atoms with Crippen molar-refractivity contribution in [1.82, 2.24) is 10.2 Å². The lowest BCUT2D eigenvalue weighted by atomic mass is 9.98. The molecule has 1 N–H and O–H groups in total. The van der Waals surface area contributed by atoms with E-state index in [1.54, 1.807) is 7.11 Å². The van der Waals surface area contributed by atoms with Crippen molar-refractivity contribution in [2.45, 2.75) is 50.7 Å². The summed E-state index contributed by atoms with van der Waals surface area (Å²) in [6.45, 7) is 2.91. The molecule has 0 bridgehead atoms. The molecular weight excluding hydrogens is 264 g/mol. The van der Waals surface area contributed by atoms with E-state index >= 15 is 0 Å². The molecule has 1 aromatic carbocycles. The van der Waals surface area contributed by atoms with Gasteiger partial charge in [0.25, 0.3) is 0 Å². The summed E-state index contributed by atoms with van der Waals surface area (Å²) in [7, 11) is 1.69. The van der Waals surface area contributed by atoms with Gasteiger partial charge in [-0.25, -0.2) is 0 Å². The number of hydrogen-bond acceptors (Lipinski definition) is 3. The van der Waals surface area contributed by atoms with Crippen molar-refractivity contribution in [3.05, 3.63) is 29.8 Å². The van der Waals surface area contributed by atoms with E-state index in [4.69, 9.17) is 4.74 Å². The van der Waals surface area contributed by atoms with Crippen molar-refractivity contribution in [2.24, 2.45) is 0 Å². The number of carbonyl (C=O) groups is 1. The molecule has 21 heavy (non-hydrogen) atoms. The Bertz CT molecular complexity index is 523. The number of methoxy groups -OCH3 is 1. The van der Waals surface area contributed by atoms with Gasteiger partial charge >= 0.3 is 0 Å². The third-order valence-corrected chi connectivity index (χ3v) is 4.75. The molecule has 0 aromatic heterocycles. The third-order valence-electron chi connectivity index (χ3n) is 4.75. The van der Waals surface area contributed by atoms with Crippen molar-refractivity contribution in [2.75, 3.05) is 13.7 Å². The molecule has 1 aliphatic carbocycles. The van der Waals surface area contributed by atoms with Crippen LogP contribution < -0.4 is 10.1 Å². The zero-order valence-electron chi connectivity index (χ0n) is 12.9. The second-order valence-corrected chi connectivity index (χ2v) is 6.08. The highest BCUT2D eigenvalue weighted by molar-refractivity contribution is 5.89. The molecule has 2 aliphatic rings. The van der Waals surface area contributed by atoms with Crippen molar-refractivity contribution >= 4 is 5.91 Å². The van der Waals surface area contributed by atoms with E-state index < -0.39 is 0 Å². The first-order valence-corrected chi connectivity index (χ1v) is 7.93. The Morgan fingerprint density at radius 2 is 2.05 bits per heavy atom. The maximum absolute atomic E-state index is 12.9. The predicted molar refractivity (Wildman–Crippen MR) is 82.1 cm³/mol. The van der Waals surface area contributed by atoms with Gasteiger partial charge in [-0.1, -0.05) is 38.0 Å². The fourth-order valence-electron chi connectivity index (χ4n) is 3.74. The van der Waals surface area contributed by atoms with E-state index in [0.717, 1.165) is 50.0 Å². The van der Waals surface area contributed by atoms with E-state index in [1.807, 2.05) is 23.1 Å². The van der Waals surface area contributed by atoms with Gasteiger partial charge < -0.3 is 9.64 Å². The molecule has 4 heteroatoms. The fourth-order valence-corrected chi connectivity index (χ4v) is 3.74. The highest BCUT2D eigenvalue weighted by Crippen LogP contribution is 2.42. The smallest absolute Gasteiger partial charge is 0.244 e. The molecule has 1 spiro atoms. The predicted octanol–water partition coefficient (Wildman–Crippen LogP) is 2.85. The van der Waals surface area contributed by atoms with Gasteiger partial charge in [-0.15, -0.1) is 0 Å². The molecule has 2 fully saturated rings. The van der Waals surface area contributed by atoms with Crippen molar-refractivity contribution in [1.29, 1.82) is 0 Å². The summed E-state index contributed by atoms with van der Waals surface area (Å²) in [6, 6.07) is 7.99. The van der Waals surface area contributed by atoms with Crippen molar-refractivity contribution in [3.63, 3.8) is 0 Å². The molecule has 1 saturated heterocycles. The summed E-state index contributed by atoms with van der Waals surface area (Å²) in [5.74, 6) is 1.12. The van der Waals surface area contributed by atoms with Crippen LogP contribution in [-0.4, -0.2) is 30.0 Å². The van der Waals surface area contributed by atoms with Crippen LogP contribution in [0.25, 0.3) is 0 Å². The van der Waals surface area contributed by atoms with E-state index in [-0.39, 0.29) is 17.6 Å². The quantitative estimate of drug-likeness (QED) is 0.926. The first kappa shape index (κ1) is 14.4. The maximum Gasteiger partial charge on any atom is 0.244 e. The van der Waals surface area contributed by atoms with E-state index in [9.17, 15) is 4.79 Å². The van der Waals surface area contributed by atoms with Gasteiger partial charge in [0.05, 0.1) is 12.6 Å². The van der Waals surface area contributed by atoms with Crippen LogP contribution in [0, 0.1) is 0 Å². The van der Waals surface area contributed by atoms with Crippen molar-refractivity contribution < 1.29 is 9.53 Å². The number of hydrogen-bond donors (Lipinski definition) is 1. The molecular formula is C17H24N2O2. The molecule has 1 amide bonds. The minimum absolute atomic E-state index is 0.0632. The zero-order chi connectivity index (χ0) is 14.9. The Kier molecular flexibility index (Phi) is 3.89. The number of carbonyl (C=O) groups excluding carboxylic acids is 1. The largest absolute Gasteiger partial charge is 0.496 e.